The summed E-state index contributed by atoms with van der Waals surface area (Å²) in [6.07, 6.45) is 4.80. The highest BCUT2D eigenvalue weighted by Gasteiger charge is 2.17. The molecule has 1 aliphatic heterocycles. The Morgan fingerprint density at radius 3 is 2.87 bits per heavy atom. The second-order valence-corrected chi connectivity index (χ2v) is 7.52. The topological polar surface area (TPSA) is 85.0 Å². The van der Waals surface area contributed by atoms with E-state index >= 15 is 0 Å². The SMILES string of the molecule is CN(CCOc1cccc(CN=C(N)NCCc2ccccn2)c1)C1CCOCC1.I. The van der Waals surface area contributed by atoms with Crippen molar-refractivity contribution in [3.05, 3.63) is 59.9 Å². The van der Waals surface area contributed by atoms with E-state index < -0.39 is 0 Å². The van der Waals surface area contributed by atoms with Gasteiger partial charge in [0, 0.05) is 50.7 Å². The molecule has 0 unspecified atom stereocenters. The predicted octanol–water partition coefficient (Wildman–Crippen LogP) is 2.84. The van der Waals surface area contributed by atoms with Crippen molar-refractivity contribution < 1.29 is 9.47 Å². The molecule has 1 aromatic heterocycles. The maximum absolute atomic E-state index is 5.98. The van der Waals surface area contributed by atoms with Crippen LogP contribution in [0.5, 0.6) is 5.75 Å². The summed E-state index contributed by atoms with van der Waals surface area (Å²) in [5.74, 6) is 1.31. The smallest absolute Gasteiger partial charge is 0.188 e. The molecule has 7 nitrogen and oxygen atoms in total. The lowest BCUT2D eigenvalue weighted by atomic mass is 10.1. The van der Waals surface area contributed by atoms with E-state index in [4.69, 9.17) is 15.2 Å². The molecular weight excluding hydrogens is 505 g/mol. The second kappa shape index (κ2) is 14.2. The Morgan fingerprint density at radius 2 is 2.10 bits per heavy atom. The third-order valence-corrected chi connectivity index (χ3v) is 5.27. The monoisotopic (exact) mass is 539 g/mol. The van der Waals surface area contributed by atoms with E-state index in [-0.39, 0.29) is 24.0 Å². The number of hydrogen-bond acceptors (Lipinski definition) is 5. The molecular formula is C23H34IN5O2. The van der Waals surface area contributed by atoms with Crippen LogP contribution in [0, 0.1) is 0 Å². The van der Waals surface area contributed by atoms with Gasteiger partial charge in [-0.2, -0.15) is 0 Å². The number of ether oxygens (including phenoxy) is 2. The van der Waals surface area contributed by atoms with Crippen molar-refractivity contribution in [1.29, 1.82) is 0 Å². The summed E-state index contributed by atoms with van der Waals surface area (Å²) in [5.41, 5.74) is 8.08. The van der Waals surface area contributed by atoms with Crippen LogP contribution in [-0.2, 0) is 17.7 Å². The van der Waals surface area contributed by atoms with Gasteiger partial charge in [0.05, 0.1) is 6.54 Å². The fraction of sp³-hybridized carbons (Fsp3) is 0.478. The zero-order valence-electron chi connectivity index (χ0n) is 18.2. The summed E-state index contributed by atoms with van der Waals surface area (Å²) in [4.78, 5) is 11.1. The van der Waals surface area contributed by atoms with Gasteiger partial charge in [0.1, 0.15) is 12.4 Å². The normalized spacial score (nSPS) is 14.8. The third kappa shape index (κ3) is 9.40. The number of halogens is 1. The Hall–Kier alpha value is -1.91. The van der Waals surface area contributed by atoms with Crippen molar-refractivity contribution in [1.82, 2.24) is 15.2 Å². The summed E-state index contributed by atoms with van der Waals surface area (Å²) in [5, 5.41) is 3.14. The zero-order chi connectivity index (χ0) is 21.0. The van der Waals surface area contributed by atoms with Crippen molar-refractivity contribution in [3.63, 3.8) is 0 Å². The van der Waals surface area contributed by atoms with Crippen LogP contribution in [0.3, 0.4) is 0 Å². The number of benzene rings is 1. The van der Waals surface area contributed by atoms with Gasteiger partial charge < -0.3 is 20.5 Å². The van der Waals surface area contributed by atoms with Crippen LogP contribution in [-0.4, -0.2) is 61.8 Å². The Morgan fingerprint density at radius 1 is 1.26 bits per heavy atom. The number of pyridine rings is 1. The van der Waals surface area contributed by atoms with Crippen LogP contribution in [0.25, 0.3) is 0 Å². The quantitative estimate of drug-likeness (QED) is 0.275. The molecule has 0 radical (unpaired) electrons. The lowest BCUT2D eigenvalue weighted by Crippen LogP contribution is -2.38. The lowest BCUT2D eigenvalue weighted by Gasteiger charge is -2.31. The van der Waals surface area contributed by atoms with Crippen molar-refractivity contribution >= 4 is 29.9 Å². The fourth-order valence-corrected chi connectivity index (χ4v) is 3.45. The number of nitrogens with zero attached hydrogens (tertiary/aromatic N) is 3. The zero-order valence-corrected chi connectivity index (χ0v) is 20.5. The van der Waals surface area contributed by atoms with Gasteiger partial charge in [-0.1, -0.05) is 18.2 Å². The van der Waals surface area contributed by atoms with E-state index in [9.17, 15) is 0 Å². The minimum Gasteiger partial charge on any atom is -0.492 e. The molecule has 1 aliphatic rings. The number of aromatic nitrogens is 1. The maximum atomic E-state index is 5.98. The molecule has 2 heterocycles. The molecule has 2 aromatic rings. The molecule has 31 heavy (non-hydrogen) atoms. The Balaban J connectivity index is 0.00000341. The summed E-state index contributed by atoms with van der Waals surface area (Å²) >= 11 is 0. The van der Waals surface area contributed by atoms with Crippen LogP contribution in [0.1, 0.15) is 24.1 Å². The molecule has 0 atom stereocenters. The Bertz CT molecular complexity index is 785. The van der Waals surface area contributed by atoms with Gasteiger partial charge in [-0.25, -0.2) is 4.99 Å². The number of aliphatic imine (C=N–C) groups is 1. The van der Waals surface area contributed by atoms with Gasteiger partial charge in [0.2, 0.25) is 0 Å². The van der Waals surface area contributed by atoms with Crippen molar-refractivity contribution in [2.24, 2.45) is 10.7 Å². The summed E-state index contributed by atoms with van der Waals surface area (Å²) < 4.78 is 11.4. The molecule has 0 aliphatic carbocycles. The predicted molar refractivity (Wildman–Crippen MR) is 135 cm³/mol. The molecule has 8 heteroatoms. The number of nitrogens with two attached hydrogens (primary N) is 1. The summed E-state index contributed by atoms with van der Waals surface area (Å²) in [6, 6.07) is 14.5. The summed E-state index contributed by atoms with van der Waals surface area (Å²) in [7, 11) is 2.16. The molecule has 0 spiro atoms. The van der Waals surface area contributed by atoms with Crippen LogP contribution in [0.4, 0.5) is 0 Å². The minimum absolute atomic E-state index is 0. The second-order valence-electron chi connectivity index (χ2n) is 7.52. The largest absolute Gasteiger partial charge is 0.492 e. The van der Waals surface area contributed by atoms with Gasteiger partial charge in [-0.15, -0.1) is 24.0 Å². The molecule has 1 fully saturated rings. The number of likely N-dealkylation sites (N-methyl/N-ethyl adjacent to an activating group) is 1. The fourth-order valence-electron chi connectivity index (χ4n) is 3.45. The van der Waals surface area contributed by atoms with E-state index in [1.807, 2.05) is 42.5 Å². The molecule has 0 saturated carbocycles. The van der Waals surface area contributed by atoms with Gasteiger partial charge in [-0.05, 0) is 49.7 Å². The minimum atomic E-state index is 0. The average Bonchev–Trinajstić information content (AvgIpc) is 2.79. The molecule has 170 valence electrons. The van der Waals surface area contributed by atoms with Crippen LogP contribution in [0.15, 0.2) is 53.7 Å². The number of nitrogens with one attached hydrogen (secondary N) is 1. The first-order valence-electron chi connectivity index (χ1n) is 10.6. The van der Waals surface area contributed by atoms with E-state index in [1.54, 1.807) is 6.20 Å². The van der Waals surface area contributed by atoms with E-state index in [0.29, 0.717) is 31.7 Å². The van der Waals surface area contributed by atoms with E-state index in [2.05, 4.69) is 27.2 Å². The first-order chi connectivity index (χ1) is 14.7. The van der Waals surface area contributed by atoms with Crippen molar-refractivity contribution in [3.8, 4) is 5.75 Å². The van der Waals surface area contributed by atoms with Crippen LogP contribution < -0.4 is 15.8 Å². The van der Waals surface area contributed by atoms with Gasteiger partial charge in [0.15, 0.2) is 5.96 Å². The molecule has 0 bridgehead atoms. The summed E-state index contributed by atoms with van der Waals surface area (Å²) in [6.45, 7) is 4.51. The molecule has 3 rings (SSSR count). The molecule has 3 N–H and O–H groups in total. The molecule has 0 amide bonds. The highest BCUT2D eigenvalue weighted by Crippen LogP contribution is 2.15. The van der Waals surface area contributed by atoms with Crippen molar-refractivity contribution in [2.75, 3.05) is 40.0 Å². The highest BCUT2D eigenvalue weighted by molar-refractivity contribution is 14.0. The van der Waals surface area contributed by atoms with Crippen molar-refractivity contribution in [2.45, 2.75) is 31.8 Å². The van der Waals surface area contributed by atoms with Gasteiger partial charge in [-0.3, -0.25) is 9.88 Å². The third-order valence-electron chi connectivity index (χ3n) is 5.27. The standard InChI is InChI=1S/C23H33N5O2.HI/c1-28(21-9-14-29-15-10-21)13-16-30-22-7-4-5-19(17-22)18-27-23(24)26-12-8-20-6-2-3-11-25-20;/h2-7,11,17,21H,8-10,12-16,18H2,1H3,(H3,24,26,27);1H. The first-order valence-corrected chi connectivity index (χ1v) is 10.6. The number of guanidine groups is 1. The molecule has 1 aromatic carbocycles. The van der Waals surface area contributed by atoms with Crippen LogP contribution in [0.2, 0.25) is 0 Å². The maximum Gasteiger partial charge on any atom is 0.188 e. The lowest BCUT2D eigenvalue weighted by molar-refractivity contribution is 0.0392. The first kappa shape index (κ1) is 25.4. The van der Waals surface area contributed by atoms with E-state index in [1.165, 1.54) is 0 Å². The van der Waals surface area contributed by atoms with Crippen LogP contribution >= 0.6 is 24.0 Å². The highest BCUT2D eigenvalue weighted by atomic mass is 127. The Kier molecular flexibility index (Phi) is 11.6. The Labute approximate surface area is 202 Å². The van der Waals surface area contributed by atoms with Gasteiger partial charge in [0.25, 0.3) is 0 Å². The average molecular weight is 539 g/mol. The molecule has 1 saturated heterocycles. The number of rotatable bonds is 10. The van der Waals surface area contributed by atoms with E-state index in [0.717, 1.165) is 56.0 Å². The number of hydrogen-bond donors (Lipinski definition) is 2. The van der Waals surface area contributed by atoms with Gasteiger partial charge >= 0.3 is 0 Å².